The molecular formula is C25H22FN5OS. The summed E-state index contributed by atoms with van der Waals surface area (Å²) in [6.07, 6.45) is 0. The molecule has 0 aliphatic carbocycles. The van der Waals surface area contributed by atoms with Gasteiger partial charge in [0.05, 0.1) is 6.04 Å². The number of hydrogen-bond donors (Lipinski definition) is 2. The minimum absolute atomic E-state index is 0.165. The number of hydrogen-bond acceptors (Lipinski definition) is 5. The lowest BCUT2D eigenvalue weighted by Gasteiger charge is -2.33. The predicted molar refractivity (Wildman–Crippen MR) is 128 cm³/mol. The summed E-state index contributed by atoms with van der Waals surface area (Å²) in [4.78, 5) is 13.4. The van der Waals surface area contributed by atoms with Crippen molar-refractivity contribution in [1.82, 2.24) is 14.9 Å². The first-order valence-corrected chi connectivity index (χ1v) is 11.4. The molecule has 2 heterocycles. The van der Waals surface area contributed by atoms with Crippen LogP contribution in [-0.4, -0.2) is 26.0 Å². The van der Waals surface area contributed by atoms with Gasteiger partial charge in [0.2, 0.25) is 11.1 Å². The van der Waals surface area contributed by atoms with Gasteiger partial charge in [-0.1, -0.05) is 60.3 Å². The Morgan fingerprint density at radius 3 is 2.39 bits per heavy atom. The van der Waals surface area contributed by atoms with Crippen molar-refractivity contribution in [2.75, 3.05) is 10.7 Å². The van der Waals surface area contributed by atoms with E-state index in [1.807, 2.05) is 56.3 Å². The van der Waals surface area contributed by atoms with E-state index in [-0.39, 0.29) is 11.7 Å². The van der Waals surface area contributed by atoms with Crippen LogP contribution in [0.25, 0.3) is 11.4 Å². The number of aryl methyl sites for hydroxylation is 2. The van der Waals surface area contributed by atoms with E-state index in [1.54, 1.807) is 16.8 Å². The third-order valence-electron chi connectivity index (χ3n) is 5.45. The smallest absolute Gasteiger partial charge is 0.240 e. The molecule has 0 unspecified atom stereocenters. The summed E-state index contributed by atoms with van der Waals surface area (Å²) in [6, 6.07) is 21.4. The molecule has 0 fully saturated rings. The molecule has 33 heavy (non-hydrogen) atoms. The Morgan fingerprint density at radius 2 is 1.70 bits per heavy atom. The van der Waals surface area contributed by atoms with Gasteiger partial charge in [0.15, 0.2) is 5.82 Å². The van der Waals surface area contributed by atoms with Crippen molar-refractivity contribution in [2.45, 2.75) is 30.3 Å². The summed E-state index contributed by atoms with van der Waals surface area (Å²) in [5.74, 6) is 0.161. The van der Waals surface area contributed by atoms with Crippen LogP contribution in [0.2, 0.25) is 0 Å². The zero-order valence-corrected chi connectivity index (χ0v) is 18.9. The molecule has 0 saturated carbocycles. The topological polar surface area (TPSA) is 71.8 Å². The number of fused-ring (bicyclic) bond motifs is 1. The van der Waals surface area contributed by atoms with E-state index in [9.17, 15) is 9.18 Å². The third-order valence-corrected chi connectivity index (χ3v) is 6.66. The van der Waals surface area contributed by atoms with Crippen LogP contribution in [0, 0.1) is 19.7 Å². The second-order valence-electron chi connectivity index (χ2n) is 8.07. The Kier molecular flexibility index (Phi) is 5.60. The summed E-state index contributed by atoms with van der Waals surface area (Å²) in [5, 5.41) is 11.8. The molecule has 0 bridgehead atoms. The van der Waals surface area contributed by atoms with Gasteiger partial charge in [0.1, 0.15) is 11.1 Å². The van der Waals surface area contributed by atoms with Crippen LogP contribution in [0.1, 0.15) is 22.7 Å². The lowest BCUT2D eigenvalue weighted by molar-refractivity contribution is -0.116. The van der Waals surface area contributed by atoms with Crippen molar-refractivity contribution < 1.29 is 9.18 Å². The Hall–Kier alpha value is -3.65. The molecule has 6 nitrogen and oxygen atoms in total. The fourth-order valence-electron chi connectivity index (χ4n) is 4.01. The number of carbonyl (C=O) groups is 1. The molecule has 8 heteroatoms. The standard InChI is InChI=1S/C25H22FN5OS/c1-15-12-16(2)14-20(13-15)27-24(32)22-21(17-8-10-19(26)11-9-17)30-31-23(28-29-25(31)33-22)18-6-4-3-5-7-18/h3-14,21-22,30H,1-2H3,(H,27,32)/t21-,22-/m0/s1. The second kappa shape index (κ2) is 8.71. The van der Waals surface area contributed by atoms with Gasteiger partial charge in [0, 0.05) is 11.3 Å². The Labute approximate surface area is 195 Å². The summed E-state index contributed by atoms with van der Waals surface area (Å²) < 4.78 is 15.4. The second-order valence-corrected chi connectivity index (χ2v) is 9.18. The molecule has 2 atom stereocenters. The average molecular weight is 460 g/mol. The maximum absolute atomic E-state index is 13.6. The lowest BCUT2D eigenvalue weighted by atomic mass is 10.0. The fraction of sp³-hybridized carbons (Fsp3) is 0.160. The number of carbonyl (C=O) groups excluding carboxylic acids is 1. The van der Waals surface area contributed by atoms with Crippen LogP contribution in [-0.2, 0) is 4.79 Å². The predicted octanol–water partition coefficient (Wildman–Crippen LogP) is 5.10. The first-order valence-electron chi connectivity index (χ1n) is 10.6. The van der Waals surface area contributed by atoms with Crippen LogP contribution in [0.4, 0.5) is 10.1 Å². The average Bonchev–Trinajstić information content (AvgIpc) is 3.21. The Balaban J connectivity index is 1.51. The van der Waals surface area contributed by atoms with Gasteiger partial charge in [-0.15, -0.1) is 10.2 Å². The van der Waals surface area contributed by atoms with Gasteiger partial charge in [-0.25, -0.2) is 9.07 Å². The highest BCUT2D eigenvalue weighted by atomic mass is 32.2. The Bertz CT molecular complexity index is 1290. The molecule has 4 aromatic rings. The molecule has 5 rings (SSSR count). The first-order chi connectivity index (χ1) is 16.0. The molecule has 0 saturated heterocycles. The van der Waals surface area contributed by atoms with E-state index in [0.717, 1.165) is 27.9 Å². The van der Waals surface area contributed by atoms with Crippen molar-refractivity contribution >= 4 is 23.4 Å². The quantitative estimate of drug-likeness (QED) is 0.444. The maximum Gasteiger partial charge on any atom is 0.240 e. The van der Waals surface area contributed by atoms with Crippen LogP contribution in [0.5, 0.6) is 0 Å². The number of anilines is 1. The summed E-state index contributed by atoms with van der Waals surface area (Å²) in [7, 11) is 0. The van der Waals surface area contributed by atoms with Crippen LogP contribution < -0.4 is 10.7 Å². The number of thioether (sulfide) groups is 1. The van der Waals surface area contributed by atoms with Crippen molar-refractivity contribution in [3.05, 3.63) is 95.3 Å². The first kappa shape index (κ1) is 21.2. The molecule has 0 spiro atoms. The Morgan fingerprint density at radius 1 is 1.00 bits per heavy atom. The van der Waals surface area contributed by atoms with Crippen molar-refractivity contribution in [1.29, 1.82) is 0 Å². The van der Waals surface area contributed by atoms with Crippen molar-refractivity contribution in [3.63, 3.8) is 0 Å². The molecule has 2 N–H and O–H groups in total. The number of halogens is 1. The number of aromatic nitrogens is 3. The molecule has 1 aliphatic heterocycles. The number of nitrogens with one attached hydrogen (secondary N) is 2. The zero-order chi connectivity index (χ0) is 22.9. The minimum atomic E-state index is -0.545. The van der Waals surface area contributed by atoms with E-state index in [0.29, 0.717) is 11.0 Å². The van der Waals surface area contributed by atoms with E-state index < -0.39 is 11.3 Å². The number of nitrogens with zero attached hydrogens (tertiary/aromatic N) is 3. The molecule has 1 aromatic heterocycles. The molecule has 0 radical (unpaired) electrons. The highest BCUT2D eigenvalue weighted by Gasteiger charge is 2.38. The van der Waals surface area contributed by atoms with E-state index >= 15 is 0 Å². The van der Waals surface area contributed by atoms with E-state index in [4.69, 9.17) is 0 Å². The van der Waals surface area contributed by atoms with Gasteiger partial charge in [0.25, 0.3) is 0 Å². The number of benzene rings is 3. The molecule has 1 amide bonds. The summed E-state index contributed by atoms with van der Waals surface area (Å²) in [5.41, 5.74) is 7.99. The van der Waals surface area contributed by atoms with Crippen LogP contribution in [0.3, 0.4) is 0 Å². The van der Waals surface area contributed by atoms with Crippen LogP contribution >= 0.6 is 11.8 Å². The summed E-state index contributed by atoms with van der Waals surface area (Å²) >= 11 is 1.34. The highest BCUT2D eigenvalue weighted by molar-refractivity contribution is 8.00. The van der Waals surface area contributed by atoms with Gasteiger partial charge in [-0.2, -0.15) is 0 Å². The molecule has 166 valence electrons. The molecular weight excluding hydrogens is 437 g/mol. The SMILES string of the molecule is Cc1cc(C)cc(NC(=O)[C@H]2Sc3nnc(-c4ccccc4)n3N[C@H]2c2ccc(F)cc2)c1. The largest absolute Gasteiger partial charge is 0.325 e. The molecule has 3 aromatic carbocycles. The van der Waals surface area contributed by atoms with E-state index in [2.05, 4.69) is 27.0 Å². The monoisotopic (exact) mass is 459 g/mol. The fourth-order valence-corrected chi connectivity index (χ4v) is 5.09. The van der Waals surface area contributed by atoms with Gasteiger partial charge < -0.3 is 10.7 Å². The highest BCUT2D eigenvalue weighted by Crippen LogP contribution is 2.39. The summed E-state index contributed by atoms with van der Waals surface area (Å²) in [6.45, 7) is 3.99. The number of amides is 1. The maximum atomic E-state index is 13.6. The van der Waals surface area contributed by atoms with Crippen molar-refractivity contribution in [2.24, 2.45) is 0 Å². The molecule has 1 aliphatic rings. The van der Waals surface area contributed by atoms with Crippen molar-refractivity contribution in [3.8, 4) is 11.4 Å². The van der Waals surface area contributed by atoms with Gasteiger partial charge >= 0.3 is 0 Å². The third kappa shape index (κ3) is 4.34. The number of rotatable bonds is 4. The van der Waals surface area contributed by atoms with Gasteiger partial charge in [-0.3, -0.25) is 4.79 Å². The zero-order valence-electron chi connectivity index (χ0n) is 18.1. The van der Waals surface area contributed by atoms with E-state index in [1.165, 1.54) is 23.9 Å². The lowest BCUT2D eigenvalue weighted by Crippen LogP contribution is -2.41. The van der Waals surface area contributed by atoms with Crippen LogP contribution in [0.15, 0.2) is 78.0 Å². The normalized spacial score (nSPS) is 17.2. The minimum Gasteiger partial charge on any atom is -0.325 e. The van der Waals surface area contributed by atoms with Gasteiger partial charge in [-0.05, 0) is 54.8 Å².